The second-order valence-corrected chi connectivity index (χ2v) is 9.62. The molecule has 1 aliphatic rings. The van der Waals surface area contributed by atoms with Gasteiger partial charge in [-0.25, -0.2) is 8.42 Å². The van der Waals surface area contributed by atoms with Crippen LogP contribution in [0.3, 0.4) is 0 Å². The number of nitrogens with one attached hydrogen (secondary N) is 1. The topological polar surface area (TPSA) is 99.9 Å². The summed E-state index contributed by atoms with van der Waals surface area (Å²) in [5, 5.41) is 2.67. The number of sulfonamides is 1. The van der Waals surface area contributed by atoms with Crippen molar-refractivity contribution in [2.24, 2.45) is 0 Å². The van der Waals surface area contributed by atoms with E-state index in [0.717, 1.165) is 12.0 Å². The molecule has 0 saturated carbocycles. The fourth-order valence-corrected chi connectivity index (χ4v) is 4.89. The Hall–Kier alpha value is -2.65. The molecule has 2 heterocycles. The van der Waals surface area contributed by atoms with Crippen LogP contribution in [-0.4, -0.2) is 62.2 Å². The van der Waals surface area contributed by atoms with Crippen LogP contribution < -0.4 is 5.32 Å². The maximum Gasteiger partial charge on any atom is 0.254 e. The molecule has 1 unspecified atom stereocenters. The molecule has 168 valence electrons. The second kappa shape index (κ2) is 10.1. The average molecular weight is 448 g/mol. The molecule has 31 heavy (non-hydrogen) atoms. The smallest absolute Gasteiger partial charge is 0.254 e. The van der Waals surface area contributed by atoms with Gasteiger partial charge in [0.1, 0.15) is 6.26 Å². The molecule has 3 rings (SSSR count). The van der Waals surface area contributed by atoms with Gasteiger partial charge in [0, 0.05) is 39.1 Å². The van der Waals surface area contributed by atoms with E-state index >= 15 is 0 Å². The number of hydrogen-bond acceptors (Lipinski definition) is 5. The Labute approximate surface area is 183 Å². The lowest BCUT2D eigenvalue weighted by atomic mass is 9.99. The highest BCUT2D eigenvalue weighted by Gasteiger charge is 2.30. The van der Waals surface area contributed by atoms with Crippen molar-refractivity contribution in [2.45, 2.75) is 37.5 Å². The third-order valence-corrected chi connectivity index (χ3v) is 7.61. The van der Waals surface area contributed by atoms with E-state index in [-0.39, 0.29) is 42.8 Å². The van der Waals surface area contributed by atoms with E-state index in [9.17, 15) is 18.0 Å². The van der Waals surface area contributed by atoms with Crippen molar-refractivity contribution in [2.75, 3.05) is 32.7 Å². The van der Waals surface area contributed by atoms with Crippen LogP contribution in [0.15, 0.2) is 52.2 Å². The van der Waals surface area contributed by atoms with E-state index in [0.29, 0.717) is 24.6 Å². The third-order valence-electron chi connectivity index (χ3n) is 5.70. The van der Waals surface area contributed by atoms with Crippen molar-refractivity contribution in [3.8, 4) is 0 Å². The minimum absolute atomic E-state index is 0.109. The van der Waals surface area contributed by atoms with Gasteiger partial charge in [-0.1, -0.05) is 26.0 Å². The molecule has 1 fully saturated rings. The SMILES string of the molecule is CCC(C)c1ccc(S(=O)(=O)N2CCN(C(=O)CCNC(=O)c3ccoc3)CC2)cc1. The van der Waals surface area contributed by atoms with Crippen LogP contribution >= 0.6 is 0 Å². The monoisotopic (exact) mass is 447 g/mol. The van der Waals surface area contributed by atoms with Crippen LogP contribution in [0.25, 0.3) is 0 Å². The van der Waals surface area contributed by atoms with Gasteiger partial charge >= 0.3 is 0 Å². The first-order valence-electron chi connectivity index (χ1n) is 10.5. The lowest BCUT2D eigenvalue weighted by Crippen LogP contribution is -2.50. The van der Waals surface area contributed by atoms with Crippen LogP contribution in [0, 0.1) is 0 Å². The van der Waals surface area contributed by atoms with Crippen molar-refractivity contribution in [1.29, 1.82) is 0 Å². The van der Waals surface area contributed by atoms with Crippen LogP contribution in [0.5, 0.6) is 0 Å². The van der Waals surface area contributed by atoms with Gasteiger partial charge in [-0.2, -0.15) is 4.31 Å². The zero-order chi connectivity index (χ0) is 22.4. The van der Waals surface area contributed by atoms with Gasteiger partial charge in [-0.15, -0.1) is 0 Å². The normalized spacial score (nSPS) is 16.1. The Morgan fingerprint density at radius 1 is 1.10 bits per heavy atom. The zero-order valence-electron chi connectivity index (χ0n) is 17.9. The summed E-state index contributed by atoms with van der Waals surface area (Å²) < 4.78 is 32.2. The Balaban J connectivity index is 1.49. The highest BCUT2D eigenvalue weighted by Crippen LogP contribution is 2.23. The number of nitrogens with zero attached hydrogens (tertiary/aromatic N) is 2. The number of piperazine rings is 1. The predicted molar refractivity (Wildman–Crippen MR) is 116 cm³/mol. The first-order chi connectivity index (χ1) is 14.8. The Bertz CT molecular complexity index is 979. The molecule has 8 nitrogen and oxygen atoms in total. The summed E-state index contributed by atoms with van der Waals surface area (Å²) in [4.78, 5) is 26.2. The molecule has 0 bridgehead atoms. The lowest BCUT2D eigenvalue weighted by molar-refractivity contribution is -0.132. The van der Waals surface area contributed by atoms with Crippen molar-refractivity contribution in [1.82, 2.24) is 14.5 Å². The first kappa shape index (κ1) is 23.0. The number of carbonyl (C=O) groups excluding carboxylic acids is 2. The number of benzene rings is 1. The van der Waals surface area contributed by atoms with E-state index in [1.54, 1.807) is 23.1 Å². The number of hydrogen-bond donors (Lipinski definition) is 1. The molecular weight excluding hydrogens is 418 g/mol. The number of rotatable bonds is 8. The molecular formula is C22H29N3O5S. The molecule has 1 saturated heterocycles. The average Bonchev–Trinajstić information content (AvgIpc) is 3.33. The van der Waals surface area contributed by atoms with E-state index in [1.165, 1.54) is 16.8 Å². The standard InChI is InChI=1S/C22H29N3O5S/c1-3-17(2)18-4-6-20(7-5-18)31(28,29)25-13-11-24(12-14-25)21(26)8-10-23-22(27)19-9-15-30-16-19/h4-7,9,15-17H,3,8,10-14H2,1-2H3,(H,23,27). The van der Waals surface area contributed by atoms with Crippen molar-refractivity contribution < 1.29 is 22.4 Å². The summed E-state index contributed by atoms with van der Waals surface area (Å²) in [6.07, 6.45) is 3.91. The molecule has 2 aromatic rings. The Morgan fingerprint density at radius 3 is 2.35 bits per heavy atom. The summed E-state index contributed by atoms with van der Waals surface area (Å²) in [5.41, 5.74) is 1.53. The zero-order valence-corrected chi connectivity index (χ0v) is 18.7. The van der Waals surface area contributed by atoms with Crippen LogP contribution in [0.1, 0.15) is 48.5 Å². The lowest BCUT2D eigenvalue weighted by Gasteiger charge is -2.34. The van der Waals surface area contributed by atoms with Gasteiger partial charge in [-0.3, -0.25) is 9.59 Å². The number of amides is 2. The van der Waals surface area contributed by atoms with Gasteiger partial charge in [0.15, 0.2) is 0 Å². The predicted octanol–water partition coefficient (Wildman–Crippen LogP) is 2.45. The second-order valence-electron chi connectivity index (χ2n) is 7.68. The minimum Gasteiger partial charge on any atom is -0.472 e. The summed E-state index contributed by atoms with van der Waals surface area (Å²) in [6.45, 7) is 5.60. The molecule has 2 amide bonds. The molecule has 9 heteroatoms. The van der Waals surface area contributed by atoms with Crippen molar-refractivity contribution in [3.63, 3.8) is 0 Å². The van der Waals surface area contributed by atoms with Crippen LogP contribution in [0.4, 0.5) is 0 Å². The molecule has 0 aliphatic carbocycles. The van der Waals surface area contributed by atoms with Gasteiger partial charge in [-0.05, 0) is 36.1 Å². The van der Waals surface area contributed by atoms with Gasteiger partial charge < -0.3 is 14.6 Å². The highest BCUT2D eigenvalue weighted by atomic mass is 32.2. The van der Waals surface area contributed by atoms with Gasteiger partial charge in [0.05, 0.1) is 16.7 Å². The van der Waals surface area contributed by atoms with E-state index in [2.05, 4.69) is 19.2 Å². The summed E-state index contributed by atoms with van der Waals surface area (Å²) >= 11 is 0. The molecule has 1 atom stereocenters. The Kier molecular flexibility index (Phi) is 7.50. The summed E-state index contributed by atoms with van der Waals surface area (Å²) in [6, 6.07) is 8.63. The fourth-order valence-electron chi connectivity index (χ4n) is 3.47. The number of carbonyl (C=O) groups is 2. The first-order valence-corrected chi connectivity index (χ1v) is 11.9. The fraction of sp³-hybridized carbons (Fsp3) is 0.455. The minimum atomic E-state index is -3.58. The van der Waals surface area contributed by atoms with E-state index in [4.69, 9.17) is 4.42 Å². The van der Waals surface area contributed by atoms with Crippen molar-refractivity contribution >= 4 is 21.8 Å². The summed E-state index contributed by atoms with van der Waals surface area (Å²) in [7, 11) is -3.58. The van der Waals surface area contributed by atoms with E-state index in [1.807, 2.05) is 12.1 Å². The molecule has 1 aromatic carbocycles. The number of furan rings is 1. The molecule has 0 spiro atoms. The van der Waals surface area contributed by atoms with Crippen LogP contribution in [-0.2, 0) is 14.8 Å². The third kappa shape index (κ3) is 5.54. The maximum atomic E-state index is 12.9. The van der Waals surface area contributed by atoms with E-state index < -0.39 is 10.0 Å². The van der Waals surface area contributed by atoms with Crippen molar-refractivity contribution in [3.05, 3.63) is 54.0 Å². The molecule has 1 aromatic heterocycles. The van der Waals surface area contributed by atoms with Gasteiger partial charge in [0.2, 0.25) is 15.9 Å². The maximum absolute atomic E-state index is 12.9. The quantitative estimate of drug-likeness (QED) is 0.670. The highest BCUT2D eigenvalue weighted by molar-refractivity contribution is 7.89. The largest absolute Gasteiger partial charge is 0.472 e. The summed E-state index contributed by atoms with van der Waals surface area (Å²) in [5.74, 6) is -0.0185. The van der Waals surface area contributed by atoms with Crippen LogP contribution in [0.2, 0.25) is 0 Å². The van der Waals surface area contributed by atoms with Gasteiger partial charge in [0.25, 0.3) is 5.91 Å². The Morgan fingerprint density at radius 2 is 1.77 bits per heavy atom. The molecule has 1 aliphatic heterocycles. The molecule has 1 N–H and O–H groups in total. The molecule has 0 radical (unpaired) electrons.